The Morgan fingerprint density at radius 2 is 1.89 bits per heavy atom. The first-order chi connectivity index (χ1) is 8.79. The lowest BCUT2D eigenvalue weighted by atomic mass is 9.99. The number of urea groups is 1. The monoisotopic (exact) mass is 274 g/mol. The van der Waals surface area contributed by atoms with E-state index in [1.807, 2.05) is 20.8 Å². The van der Waals surface area contributed by atoms with Crippen LogP contribution in [0.4, 0.5) is 4.79 Å². The van der Waals surface area contributed by atoms with Crippen molar-refractivity contribution >= 4 is 12.0 Å². The first kappa shape index (κ1) is 17.7. The van der Waals surface area contributed by atoms with Crippen molar-refractivity contribution in [2.45, 2.75) is 46.3 Å². The molecular formula is C13H26N2O4. The number of hydrogen-bond donors (Lipinski definition) is 2. The van der Waals surface area contributed by atoms with Gasteiger partial charge in [-0.15, -0.1) is 0 Å². The SMILES string of the molecule is CCC(C)C(NC(=O)N(C)CCOC(C)C)C(=O)O. The number of likely N-dealkylation sites (N-methyl/N-ethyl adjacent to an activating group) is 1. The third-order valence-corrected chi connectivity index (χ3v) is 2.98. The Morgan fingerprint density at radius 1 is 1.32 bits per heavy atom. The molecule has 6 heteroatoms. The van der Waals surface area contributed by atoms with Gasteiger partial charge in [0.2, 0.25) is 0 Å². The topological polar surface area (TPSA) is 78.9 Å². The lowest BCUT2D eigenvalue weighted by Crippen LogP contribution is -2.50. The van der Waals surface area contributed by atoms with Crippen molar-refractivity contribution in [1.82, 2.24) is 10.2 Å². The highest BCUT2D eigenvalue weighted by molar-refractivity contribution is 5.82. The van der Waals surface area contributed by atoms with Gasteiger partial charge in [0.15, 0.2) is 0 Å². The molecule has 2 amide bonds. The molecule has 0 aromatic rings. The van der Waals surface area contributed by atoms with Crippen LogP contribution in [0.5, 0.6) is 0 Å². The van der Waals surface area contributed by atoms with Gasteiger partial charge >= 0.3 is 12.0 Å². The first-order valence-corrected chi connectivity index (χ1v) is 6.65. The molecule has 0 aromatic carbocycles. The summed E-state index contributed by atoms with van der Waals surface area (Å²) in [5.41, 5.74) is 0. The fourth-order valence-corrected chi connectivity index (χ4v) is 1.45. The number of nitrogens with zero attached hydrogens (tertiary/aromatic N) is 1. The first-order valence-electron chi connectivity index (χ1n) is 6.65. The summed E-state index contributed by atoms with van der Waals surface area (Å²) in [6.45, 7) is 8.40. The predicted molar refractivity (Wildman–Crippen MR) is 73.1 cm³/mol. The molecule has 2 unspecified atom stereocenters. The number of carbonyl (C=O) groups is 2. The van der Waals surface area contributed by atoms with Gasteiger partial charge in [-0.25, -0.2) is 9.59 Å². The number of carboxylic acid groups (broad SMARTS) is 1. The summed E-state index contributed by atoms with van der Waals surface area (Å²) in [4.78, 5) is 24.4. The Hall–Kier alpha value is -1.30. The smallest absolute Gasteiger partial charge is 0.326 e. The molecule has 112 valence electrons. The molecule has 0 saturated heterocycles. The van der Waals surface area contributed by atoms with Crippen LogP contribution < -0.4 is 5.32 Å². The summed E-state index contributed by atoms with van der Waals surface area (Å²) in [5, 5.41) is 11.6. The molecule has 2 atom stereocenters. The second-order valence-corrected chi connectivity index (χ2v) is 4.99. The van der Waals surface area contributed by atoms with Crippen molar-refractivity contribution in [3.8, 4) is 0 Å². The summed E-state index contributed by atoms with van der Waals surface area (Å²) in [6, 6.07) is -1.24. The highest BCUT2D eigenvalue weighted by atomic mass is 16.5. The van der Waals surface area contributed by atoms with Gasteiger partial charge in [0.1, 0.15) is 6.04 Å². The van der Waals surface area contributed by atoms with E-state index in [-0.39, 0.29) is 18.1 Å². The molecule has 6 nitrogen and oxygen atoms in total. The van der Waals surface area contributed by atoms with Crippen LogP contribution in [-0.4, -0.2) is 54.4 Å². The molecule has 0 aliphatic rings. The van der Waals surface area contributed by atoms with Crippen LogP contribution in [-0.2, 0) is 9.53 Å². The Morgan fingerprint density at radius 3 is 2.32 bits per heavy atom. The maximum atomic E-state index is 11.8. The number of hydrogen-bond acceptors (Lipinski definition) is 3. The van der Waals surface area contributed by atoms with Crippen LogP contribution in [0.2, 0.25) is 0 Å². The minimum absolute atomic E-state index is 0.109. The summed E-state index contributed by atoms with van der Waals surface area (Å²) in [5.74, 6) is -1.11. The van der Waals surface area contributed by atoms with Gasteiger partial charge in [0.25, 0.3) is 0 Å². The fourth-order valence-electron chi connectivity index (χ4n) is 1.45. The van der Waals surface area contributed by atoms with E-state index >= 15 is 0 Å². The lowest BCUT2D eigenvalue weighted by Gasteiger charge is -2.24. The van der Waals surface area contributed by atoms with Crippen LogP contribution in [0.15, 0.2) is 0 Å². The molecule has 2 N–H and O–H groups in total. The standard InChI is InChI=1S/C13H26N2O4/c1-6-10(4)11(12(16)17)14-13(18)15(5)7-8-19-9(2)3/h9-11H,6-8H2,1-5H3,(H,14,18)(H,16,17). The summed E-state index contributed by atoms with van der Waals surface area (Å²) >= 11 is 0. The number of rotatable bonds is 8. The van der Waals surface area contributed by atoms with Crippen molar-refractivity contribution in [2.75, 3.05) is 20.2 Å². The number of carboxylic acids is 1. The maximum Gasteiger partial charge on any atom is 0.326 e. The van der Waals surface area contributed by atoms with E-state index in [0.29, 0.717) is 19.6 Å². The minimum Gasteiger partial charge on any atom is -0.480 e. The van der Waals surface area contributed by atoms with Crippen molar-refractivity contribution < 1.29 is 19.4 Å². The summed E-state index contributed by atoms with van der Waals surface area (Å²) in [7, 11) is 1.62. The molecule has 0 heterocycles. The number of nitrogens with one attached hydrogen (secondary N) is 1. The van der Waals surface area contributed by atoms with Gasteiger partial charge in [-0.05, 0) is 19.8 Å². The minimum atomic E-state index is -1.01. The molecule has 0 radical (unpaired) electrons. The number of aliphatic carboxylic acids is 1. The quantitative estimate of drug-likeness (QED) is 0.704. The number of amides is 2. The van der Waals surface area contributed by atoms with Crippen molar-refractivity contribution in [3.05, 3.63) is 0 Å². The molecule has 0 spiro atoms. The molecule has 0 saturated carbocycles. The van der Waals surface area contributed by atoms with E-state index in [1.165, 1.54) is 4.90 Å². The van der Waals surface area contributed by atoms with Gasteiger partial charge in [-0.1, -0.05) is 20.3 Å². The zero-order chi connectivity index (χ0) is 15.0. The molecule has 0 aliphatic heterocycles. The average Bonchev–Trinajstić information content (AvgIpc) is 2.33. The van der Waals surface area contributed by atoms with Crippen LogP contribution in [0, 0.1) is 5.92 Å². The largest absolute Gasteiger partial charge is 0.480 e. The summed E-state index contributed by atoms with van der Waals surface area (Å²) < 4.78 is 5.35. The molecule has 0 aliphatic carbocycles. The van der Waals surface area contributed by atoms with Crippen molar-refractivity contribution in [1.29, 1.82) is 0 Å². The van der Waals surface area contributed by atoms with E-state index in [9.17, 15) is 9.59 Å². The summed E-state index contributed by atoms with van der Waals surface area (Å²) in [6.07, 6.45) is 0.806. The highest BCUT2D eigenvalue weighted by Gasteiger charge is 2.26. The molecule has 19 heavy (non-hydrogen) atoms. The van der Waals surface area contributed by atoms with Gasteiger partial charge in [-0.2, -0.15) is 0 Å². The Labute approximate surface area is 115 Å². The van der Waals surface area contributed by atoms with E-state index in [2.05, 4.69) is 5.32 Å². The van der Waals surface area contributed by atoms with Crippen molar-refractivity contribution in [2.24, 2.45) is 5.92 Å². The average molecular weight is 274 g/mol. The van der Waals surface area contributed by atoms with Crippen LogP contribution in [0.3, 0.4) is 0 Å². The zero-order valence-corrected chi connectivity index (χ0v) is 12.5. The zero-order valence-electron chi connectivity index (χ0n) is 12.5. The normalized spacial score (nSPS) is 14.0. The number of ether oxygens (including phenoxy) is 1. The van der Waals surface area contributed by atoms with Gasteiger partial charge in [0, 0.05) is 13.6 Å². The molecule has 0 aromatic heterocycles. The predicted octanol–water partition coefficient (Wildman–Crippen LogP) is 1.55. The lowest BCUT2D eigenvalue weighted by molar-refractivity contribution is -0.140. The molecular weight excluding hydrogens is 248 g/mol. The van der Waals surface area contributed by atoms with Crippen LogP contribution >= 0.6 is 0 Å². The van der Waals surface area contributed by atoms with Crippen LogP contribution in [0.25, 0.3) is 0 Å². The fraction of sp³-hybridized carbons (Fsp3) is 0.846. The number of carbonyl (C=O) groups excluding carboxylic acids is 1. The maximum absolute atomic E-state index is 11.8. The van der Waals surface area contributed by atoms with E-state index in [0.717, 1.165) is 0 Å². The van der Waals surface area contributed by atoms with Gasteiger partial charge < -0.3 is 20.1 Å². The molecule has 0 bridgehead atoms. The molecule has 0 fully saturated rings. The van der Waals surface area contributed by atoms with E-state index in [1.54, 1.807) is 14.0 Å². The van der Waals surface area contributed by atoms with Crippen molar-refractivity contribution in [3.63, 3.8) is 0 Å². The second kappa shape index (κ2) is 8.74. The third kappa shape index (κ3) is 7.00. The van der Waals surface area contributed by atoms with E-state index < -0.39 is 12.0 Å². The van der Waals surface area contributed by atoms with Crippen LogP contribution in [0.1, 0.15) is 34.1 Å². The Bertz CT molecular complexity index is 294. The molecule has 0 rings (SSSR count). The van der Waals surface area contributed by atoms with Gasteiger partial charge in [0.05, 0.1) is 12.7 Å². The van der Waals surface area contributed by atoms with E-state index in [4.69, 9.17) is 9.84 Å². The second-order valence-electron chi connectivity index (χ2n) is 4.99. The van der Waals surface area contributed by atoms with Gasteiger partial charge in [-0.3, -0.25) is 0 Å². The Balaban J connectivity index is 4.28. The Kier molecular flexibility index (Phi) is 8.14. The third-order valence-electron chi connectivity index (χ3n) is 2.98. The highest BCUT2D eigenvalue weighted by Crippen LogP contribution is 2.08.